The van der Waals surface area contributed by atoms with Crippen molar-refractivity contribution in [2.75, 3.05) is 25.4 Å². The van der Waals surface area contributed by atoms with E-state index >= 15 is 0 Å². The molecule has 2 aliphatic heterocycles. The fourth-order valence-electron chi connectivity index (χ4n) is 3.81. The summed E-state index contributed by atoms with van der Waals surface area (Å²) in [5.74, 6) is -2.58. The minimum Gasteiger partial charge on any atom is -0.475 e. The Hall–Kier alpha value is -2.21. The first-order valence-corrected chi connectivity index (χ1v) is 11.4. The summed E-state index contributed by atoms with van der Waals surface area (Å²) in [5.41, 5.74) is 1.28. The van der Waals surface area contributed by atoms with E-state index in [1.54, 1.807) is 6.92 Å². The van der Waals surface area contributed by atoms with Crippen molar-refractivity contribution in [1.29, 1.82) is 0 Å². The minimum absolute atomic E-state index is 0.0850. The van der Waals surface area contributed by atoms with Gasteiger partial charge in [0.2, 0.25) is 15.9 Å². The maximum atomic E-state index is 13.0. The predicted octanol–water partition coefficient (Wildman–Crippen LogP) is 2.19. The number of rotatable bonds is 4. The third kappa shape index (κ3) is 6.16. The summed E-state index contributed by atoms with van der Waals surface area (Å²) in [4.78, 5) is 28.2. The number of piperidine rings is 1. The molecule has 0 aliphatic carbocycles. The summed E-state index contributed by atoms with van der Waals surface area (Å²) < 4.78 is 57.7. The Labute approximate surface area is 179 Å². The summed E-state index contributed by atoms with van der Waals surface area (Å²) in [7, 11) is -3.24. The van der Waals surface area contributed by atoms with Crippen LogP contribution in [0, 0.1) is 12.3 Å². The van der Waals surface area contributed by atoms with Gasteiger partial charge in [0.15, 0.2) is 0 Å². The van der Waals surface area contributed by atoms with E-state index in [1.165, 1.54) is 4.31 Å². The number of halogens is 3. The molecular formula is C19H26F3N3O5S. The van der Waals surface area contributed by atoms with Crippen molar-refractivity contribution in [3.63, 3.8) is 0 Å². The predicted molar refractivity (Wildman–Crippen MR) is 105 cm³/mol. The van der Waals surface area contributed by atoms with Crippen LogP contribution in [0.25, 0.3) is 0 Å². The molecule has 1 aromatic rings. The summed E-state index contributed by atoms with van der Waals surface area (Å²) in [6.45, 7) is 5.63. The summed E-state index contributed by atoms with van der Waals surface area (Å²) >= 11 is 0. The molecule has 2 aliphatic rings. The van der Waals surface area contributed by atoms with Crippen molar-refractivity contribution in [3.8, 4) is 0 Å². The molecule has 0 bridgehead atoms. The maximum absolute atomic E-state index is 13.0. The molecule has 3 rings (SSSR count). The van der Waals surface area contributed by atoms with Gasteiger partial charge in [-0.25, -0.2) is 17.5 Å². The van der Waals surface area contributed by atoms with Gasteiger partial charge in [-0.15, -0.1) is 0 Å². The number of amides is 1. The molecule has 12 heteroatoms. The number of aryl methyl sites for hydroxylation is 1. The number of aliphatic carboxylic acids is 1. The van der Waals surface area contributed by atoms with Gasteiger partial charge in [-0.2, -0.15) is 13.2 Å². The van der Waals surface area contributed by atoms with Crippen LogP contribution < -0.4 is 0 Å². The molecule has 2 fully saturated rings. The third-order valence-corrected chi connectivity index (χ3v) is 7.27. The van der Waals surface area contributed by atoms with Gasteiger partial charge in [0, 0.05) is 25.3 Å². The third-order valence-electron chi connectivity index (χ3n) is 5.44. The molecular weight excluding hydrogens is 439 g/mol. The van der Waals surface area contributed by atoms with Crippen LogP contribution in [0.1, 0.15) is 37.6 Å². The number of carboxylic acids is 1. The number of hydrogen-bond acceptors (Lipinski definition) is 5. The molecule has 1 unspecified atom stereocenters. The molecule has 1 atom stereocenters. The fourth-order valence-corrected chi connectivity index (χ4v) is 5.03. The van der Waals surface area contributed by atoms with Crippen LogP contribution in [0.5, 0.6) is 0 Å². The van der Waals surface area contributed by atoms with Gasteiger partial charge in [0.25, 0.3) is 0 Å². The van der Waals surface area contributed by atoms with Gasteiger partial charge >= 0.3 is 12.1 Å². The quantitative estimate of drug-likeness (QED) is 0.730. The van der Waals surface area contributed by atoms with Crippen LogP contribution in [0.15, 0.2) is 18.2 Å². The lowest BCUT2D eigenvalue weighted by Crippen LogP contribution is -2.50. The Bertz CT molecular complexity index is 923. The Balaban J connectivity index is 0.000000423. The molecule has 31 heavy (non-hydrogen) atoms. The van der Waals surface area contributed by atoms with Gasteiger partial charge in [-0.3, -0.25) is 9.78 Å². The zero-order valence-corrected chi connectivity index (χ0v) is 18.2. The second-order valence-corrected chi connectivity index (χ2v) is 9.93. The number of nitrogens with zero attached hydrogens (tertiary/aromatic N) is 3. The molecule has 1 N–H and O–H groups in total. The van der Waals surface area contributed by atoms with E-state index in [1.807, 2.05) is 30.0 Å². The summed E-state index contributed by atoms with van der Waals surface area (Å²) in [5, 5.41) is 7.12. The molecule has 1 amide bonds. The van der Waals surface area contributed by atoms with E-state index in [0.29, 0.717) is 26.2 Å². The van der Waals surface area contributed by atoms with Crippen LogP contribution in [0.3, 0.4) is 0 Å². The van der Waals surface area contributed by atoms with Crippen LogP contribution in [0.4, 0.5) is 13.2 Å². The standard InChI is InChI=1S/C17H25N3O3S.C2HF3O2/c1-3-24(22,23)20-10-5-8-17(13-20)9-11-19(16(17)21)12-15-7-4-6-14(2)18-15;3-2(4,5)1(6)7/h4,6-7H,3,5,8-13H2,1-2H3;(H,6,7). The van der Waals surface area contributed by atoms with Crippen molar-refractivity contribution >= 4 is 21.9 Å². The van der Waals surface area contributed by atoms with E-state index in [-0.39, 0.29) is 11.7 Å². The van der Waals surface area contributed by atoms with Crippen molar-refractivity contribution in [3.05, 3.63) is 29.6 Å². The monoisotopic (exact) mass is 465 g/mol. The first kappa shape index (κ1) is 25.1. The van der Waals surface area contributed by atoms with Crippen LogP contribution >= 0.6 is 0 Å². The number of aromatic nitrogens is 1. The molecule has 1 spiro atoms. The summed E-state index contributed by atoms with van der Waals surface area (Å²) in [6, 6.07) is 5.82. The van der Waals surface area contributed by atoms with E-state index < -0.39 is 27.6 Å². The van der Waals surface area contributed by atoms with Crippen LogP contribution in [-0.4, -0.2) is 71.2 Å². The largest absolute Gasteiger partial charge is 0.490 e. The molecule has 0 saturated carbocycles. The topological polar surface area (TPSA) is 108 Å². The lowest BCUT2D eigenvalue weighted by atomic mass is 9.79. The smallest absolute Gasteiger partial charge is 0.475 e. The number of hydrogen-bond donors (Lipinski definition) is 1. The normalized spacial score (nSPS) is 22.4. The highest BCUT2D eigenvalue weighted by Crippen LogP contribution is 2.41. The van der Waals surface area contributed by atoms with E-state index in [2.05, 4.69) is 4.98 Å². The van der Waals surface area contributed by atoms with Gasteiger partial charge in [-0.1, -0.05) is 6.07 Å². The van der Waals surface area contributed by atoms with Gasteiger partial charge in [0.05, 0.1) is 23.4 Å². The first-order chi connectivity index (χ1) is 14.3. The number of carbonyl (C=O) groups excluding carboxylic acids is 1. The number of pyridine rings is 1. The molecule has 3 heterocycles. The van der Waals surface area contributed by atoms with Crippen LogP contribution in [0.2, 0.25) is 0 Å². The van der Waals surface area contributed by atoms with E-state index in [9.17, 15) is 26.4 Å². The van der Waals surface area contributed by atoms with E-state index in [4.69, 9.17) is 9.90 Å². The number of sulfonamides is 1. The first-order valence-electron chi connectivity index (χ1n) is 9.80. The molecule has 0 aromatic carbocycles. The molecule has 174 valence electrons. The van der Waals surface area contributed by atoms with Gasteiger partial charge < -0.3 is 10.0 Å². The number of carbonyl (C=O) groups is 2. The van der Waals surface area contributed by atoms with Crippen molar-refractivity contribution in [2.45, 2.75) is 45.8 Å². The number of likely N-dealkylation sites (tertiary alicyclic amines) is 1. The highest BCUT2D eigenvalue weighted by molar-refractivity contribution is 7.89. The maximum Gasteiger partial charge on any atom is 0.490 e. The molecule has 1 aromatic heterocycles. The average Bonchev–Trinajstić information content (AvgIpc) is 2.97. The highest BCUT2D eigenvalue weighted by atomic mass is 32.2. The highest BCUT2D eigenvalue weighted by Gasteiger charge is 2.50. The van der Waals surface area contributed by atoms with Gasteiger partial charge in [0.1, 0.15) is 0 Å². The minimum atomic E-state index is -5.08. The number of carboxylic acid groups (broad SMARTS) is 1. The zero-order chi connectivity index (χ0) is 23.4. The van der Waals surface area contributed by atoms with Crippen molar-refractivity contribution in [2.24, 2.45) is 5.41 Å². The second-order valence-electron chi connectivity index (χ2n) is 7.67. The fraction of sp³-hybridized carbons (Fsp3) is 0.632. The Kier molecular flexibility index (Phi) is 7.69. The van der Waals surface area contributed by atoms with Crippen molar-refractivity contribution < 1.29 is 36.3 Å². The van der Waals surface area contributed by atoms with Crippen molar-refractivity contribution in [1.82, 2.24) is 14.2 Å². The molecule has 0 radical (unpaired) electrons. The molecule has 8 nitrogen and oxygen atoms in total. The van der Waals surface area contributed by atoms with Crippen LogP contribution in [-0.2, 0) is 26.2 Å². The SMILES string of the molecule is CCS(=O)(=O)N1CCCC2(CCN(Cc3cccc(C)n3)C2=O)C1.O=C(O)C(F)(F)F. The number of alkyl halides is 3. The second kappa shape index (κ2) is 9.51. The Morgan fingerprint density at radius 1 is 1.26 bits per heavy atom. The zero-order valence-electron chi connectivity index (χ0n) is 17.4. The van der Waals surface area contributed by atoms with Gasteiger partial charge in [-0.05, 0) is 45.2 Å². The Morgan fingerprint density at radius 3 is 2.45 bits per heavy atom. The lowest BCUT2D eigenvalue weighted by Gasteiger charge is -2.38. The van der Waals surface area contributed by atoms with E-state index in [0.717, 1.165) is 30.7 Å². The Morgan fingerprint density at radius 2 is 1.90 bits per heavy atom. The lowest BCUT2D eigenvalue weighted by molar-refractivity contribution is -0.192. The molecule has 2 saturated heterocycles. The average molecular weight is 465 g/mol. The summed E-state index contributed by atoms with van der Waals surface area (Å²) in [6.07, 6.45) is -2.83.